The third-order valence-corrected chi connectivity index (χ3v) is 0.396. The van der Waals surface area contributed by atoms with Gasteiger partial charge in [0, 0.05) is 4.79 Å². The summed E-state index contributed by atoms with van der Waals surface area (Å²) in [6, 6.07) is 0. The summed E-state index contributed by atoms with van der Waals surface area (Å²) in [5, 5.41) is 3.01. The van der Waals surface area contributed by atoms with E-state index >= 15 is 0 Å². The molecule has 0 rings (SSSR count). The lowest BCUT2D eigenvalue weighted by molar-refractivity contribution is -0.324. The average Bonchev–Trinajstić information content (AvgIpc) is 1.83. The Kier molecular flexibility index (Phi) is 3.39. The van der Waals surface area contributed by atoms with Gasteiger partial charge in [0.05, 0.1) is 0 Å². The van der Waals surface area contributed by atoms with Crippen LogP contribution in [-0.2, 0) is 9.22 Å². The molecule has 4 heteroatoms. The maximum absolute atomic E-state index is 9.94. The Bertz CT molecular complexity index is 110. The number of carbonyl (C=O) groups is 1. The molecule has 0 aromatic carbocycles. The minimum absolute atomic E-state index is 0.283. The zero-order valence-corrected chi connectivity index (χ0v) is 4.09. The van der Waals surface area contributed by atoms with E-state index in [1.807, 2.05) is 0 Å². The molecule has 1 radical (unpaired) electrons. The molecule has 0 fully saturated rings. The lowest BCUT2D eigenvalue weighted by atomic mass is 10.7. The van der Waals surface area contributed by atoms with E-state index in [0.29, 0.717) is 0 Å². The second kappa shape index (κ2) is 3.98. The highest BCUT2D eigenvalue weighted by molar-refractivity contribution is 5.83. The van der Waals surface area contributed by atoms with Gasteiger partial charge in [-0.25, -0.2) is 0 Å². The van der Waals surface area contributed by atoms with Gasteiger partial charge in [0.25, 0.3) is 0 Å². The monoisotopic (exact) mass is 114 g/mol. The highest BCUT2D eigenvalue weighted by Gasteiger charge is 1.91. The molecule has 0 bridgehead atoms. The van der Waals surface area contributed by atoms with E-state index in [-0.39, 0.29) is 6.54 Å². The normalized spacial score (nSPS) is 7.50. The predicted octanol–water partition coefficient (Wildman–Crippen LogP) is -0.0458. The van der Waals surface area contributed by atoms with E-state index in [4.69, 9.17) is 0 Å². The van der Waals surface area contributed by atoms with Crippen molar-refractivity contribution in [2.75, 3.05) is 6.54 Å². The third-order valence-electron chi connectivity index (χ3n) is 0.396. The number of hydrogen-bond acceptors (Lipinski definition) is 2. The number of nitrogens with zero attached hydrogens (tertiary/aromatic N) is 1. The zero-order chi connectivity index (χ0) is 6.41. The van der Waals surface area contributed by atoms with Gasteiger partial charge in [0.1, 0.15) is 0 Å². The summed E-state index contributed by atoms with van der Waals surface area (Å²) in [7, 11) is 0. The Labute approximate surface area is 46.2 Å². The van der Waals surface area contributed by atoms with E-state index in [1.54, 1.807) is 0 Å². The molecule has 0 unspecified atom stereocenters. The molecule has 0 aliphatic rings. The first-order chi connectivity index (χ1) is 3.81. The summed E-state index contributed by atoms with van der Waals surface area (Å²) < 4.78 is 3.82. The first-order valence-corrected chi connectivity index (χ1v) is 1.79. The molecule has 0 atom stereocenters. The Morgan fingerprint density at radius 2 is 2.50 bits per heavy atom. The van der Waals surface area contributed by atoms with Crippen LogP contribution in [0.15, 0.2) is 0 Å². The van der Waals surface area contributed by atoms with Crippen molar-refractivity contribution in [2.45, 2.75) is 0 Å². The van der Waals surface area contributed by atoms with Crippen molar-refractivity contribution in [2.24, 2.45) is 0 Å². The van der Waals surface area contributed by atoms with Crippen molar-refractivity contribution in [1.82, 2.24) is 0 Å². The van der Waals surface area contributed by atoms with Crippen LogP contribution in [0.25, 0.3) is 5.32 Å². The van der Waals surface area contributed by atoms with Gasteiger partial charge in [0.2, 0.25) is 0 Å². The summed E-state index contributed by atoms with van der Waals surface area (Å²) in [5.41, 5.74) is 0. The minimum atomic E-state index is -0.853. The van der Waals surface area contributed by atoms with Crippen molar-refractivity contribution >= 4 is 19.2 Å². The Morgan fingerprint density at radius 3 is 2.88 bits per heavy atom. The van der Waals surface area contributed by atoms with Crippen LogP contribution in [-0.4, -0.2) is 25.7 Å². The summed E-state index contributed by atoms with van der Waals surface area (Å²) in [6.07, 6.45) is 0.534. The van der Waals surface area contributed by atoms with Gasteiger partial charge < -0.3 is 9.74 Å². The maximum atomic E-state index is 9.94. The average molecular weight is 114 g/mol. The van der Waals surface area contributed by atoms with Crippen molar-refractivity contribution in [3.8, 4) is 0 Å². The molecule has 0 saturated heterocycles. The quantitative estimate of drug-likeness (QED) is 0.472. The van der Waals surface area contributed by atoms with Crippen molar-refractivity contribution < 1.29 is 14.0 Å². The topological polar surface area (TPSA) is 59.5 Å². The van der Waals surface area contributed by atoms with Gasteiger partial charge >= 0.3 is 6.09 Å². The Morgan fingerprint density at radius 1 is 1.88 bits per heavy atom. The van der Waals surface area contributed by atoms with Gasteiger partial charge in [-0.2, -0.15) is 0 Å². The number of hydrogen-bond donors (Lipinski definition) is 0. The van der Waals surface area contributed by atoms with Gasteiger partial charge in [-0.15, -0.1) is 0 Å². The van der Waals surface area contributed by atoms with Gasteiger partial charge in [-0.1, -0.05) is 6.54 Å². The molecular formula is C4H4NO3. The molecule has 0 spiro atoms. The van der Waals surface area contributed by atoms with Crippen molar-refractivity contribution in [1.29, 1.82) is 0 Å². The number of rotatable bonds is 2. The van der Waals surface area contributed by atoms with Crippen LogP contribution in [0, 0.1) is 0 Å². The third kappa shape index (κ3) is 3.02. The summed E-state index contributed by atoms with van der Waals surface area (Å²) in [5.74, 6) is 0. The van der Waals surface area contributed by atoms with Crippen LogP contribution in [0.2, 0.25) is 0 Å². The molecule has 8 heavy (non-hydrogen) atoms. The van der Waals surface area contributed by atoms with Crippen LogP contribution >= 0.6 is 0 Å². The molecule has 1 amide bonds. The summed E-state index contributed by atoms with van der Waals surface area (Å²) in [6.45, 7) is 2.48. The largest absolute Gasteiger partial charge is 0.549 e. The predicted molar refractivity (Wildman–Crippen MR) is 26.4 cm³/mol. The van der Waals surface area contributed by atoms with Crippen molar-refractivity contribution in [3.63, 3.8) is 0 Å². The second-order valence-electron chi connectivity index (χ2n) is 0.871. The lowest BCUT2D eigenvalue weighted by Crippen LogP contribution is -1.95. The highest BCUT2D eigenvalue weighted by atomic mass is 16.5. The number of amides is 1. The molecule has 4 nitrogen and oxygen atoms in total. The zero-order valence-electron chi connectivity index (χ0n) is 4.09. The van der Waals surface area contributed by atoms with E-state index in [1.165, 1.54) is 6.29 Å². The van der Waals surface area contributed by atoms with Gasteiger partial charge in [-0.3, -0.25) is 4.79 Å². The summed E-state index contributed by atoms with van der Waals surface area (Å²) >= 11 is 0. The molecule has 0 heterocycles. The molecule has 0 N–H and O–H groups in total. The Hall–Kier alpha value is -1.19. The summed E-state index contributed by atoms with van der Waals surface area (Å²) in [4.78, 5) is 19.3. The lowest BCUT2D eigenvalue weighted by Gasteiger charge is -1.95. The van der Waals surface area contributed by atoms with Crippen LogP contribution in [0.1, 0.15) is 0 Å². The van der Waals surface area contributed by atoms with E-state index in [0.717, 1.165) is 0 Å². The molecule has 0 aliphatic carbocycles. The second-order valence-corrected chi connectivity index (χ2v) is 0.871. The van der Waals surface area contributed by atoms with Crippen LogP contribution in [0.5, 0.6) is 0 Å². The molecule has 0 aromatic heterocycles. The minimum Gasteiger partial charge on any atom is -0.549 e. The van der Waals surface area contributed by atoms with Crippen LogP contribution in [0.4, 0.5) is 4.79 Å². The van der Waals surface area contributed by atoms with Gasteiger partial charge in [0.15, 0.2) is 13.1 Å². The van der Waals surface area contributed by atoms with Crippen LogP contribution in [0.3, 0.4) is 0 Å². The van der Waals surface area contributed by atoms with Crippen molar-refractivity contribution in [3.05, 3.63) is 5.32 Å². The number of carbonyl (C=O) groups excluding carboxylic acids is 3. The first kappa shape index (κ1) is 6.81. The maximum Gasteiger partial charge on any atom is 0.522 e. The molecule has 0 saturated carbocycles. The van der Waals surface area contributed by atoms with E-state index in [9.17, 15) is 9.59 Å². The SMILES string of the molecule is C=[O+]C(=O)[N-]C[C]=O. The molecular weight excluding hydrogens is 110 g/mol. The van der Waals surface area contributed by atoms with Gasteiger partial charge in [-0.05, 0) is 0 Å². The fraction of sp³-hybridized carbons (Fsp3) is 0.250. The highest BCUT2D eigenvalue weighted by Crippen LogP contribution is 1.83. The van der Waals surface area contributed by atoms with Crippen LogP contribution < -0.4 is 0 Å². The fourth-order valence-electron chi connectivity index (χ4n) is 0.142. The van der Waals surface area contributed by atoms with E-state index in [2.05, 4.69) is 16.5 Å². The van der Waals surface area contributed by atoms with E-state index < -0.39 is 6.09 Å². The molecule has 43 valence electrons. The fourth-order valence-corrected chi connectivity index (χ4v) is 0.142. The molecule has 0 aromatic rings. The smallest absolute Gasteiger partial charge is 0.522 e. The standard InChI is InChI=1S/C4H4NO3/c1-8-4(7)5-2-3-6/h1-2H2. The first-order valence-electron chi connectivity index (χ1n) is 1.79. The Balaban J connectivity index is 3.24. The molecule has 0 aliphatic heterocycles.